The van der Waals surface area contributed by atoms with Crippen LogP contribution in [0.1, 0.15) is 32.3 Å². The average Bonchev–Trinajstić information content (AvgIpc) is 2.38. The summed E-state index contributed by atoms with van der Waals surface area (Å²) in [5.41, 5.74) is 6.05. The summed E-state index contributed by atoms with van der Waals surface area (Å²) in [6.07, 6.45) is 1.23. The monoisotopic (exact) mass is 342 g/mol. The van der Waals surface area contributed by atoms with E-state index in [1.807, 2.05) is 38.1 Å². The van der Waals surface area contributed by atoms with Gasteiger partial charge in [0.1, 0.15) is 0 Å². The number of hydrogen-bond acceptors (Lipinski definition) is 2. The summed E-state index contributed by atoms with van der Waals surface area (Å²) in [6, 6.07) is 7.82. The van der Waals surface area contributed by atoms with E-state index in [1.165, 1.54) is 0 Å². The highest BCUT2D eigenvalue weighted by Gasteiger charge is 2.37. The van der Waals surface area contributed by atoms with Crippen LogP contribution >= 0.6 is 28.1 Å². The molecule has 1 aromatic rings. The number of rotatable bonds is 6. The van der Waals surface area contributed by atoms with E-state index in [4.69, 9.17) is 18.0 Å². The van der Waals surface area contributed by atoms with E-state index in [-0.39, 0.29) is 10.9 Å². The highest BCUT2D eigenvalue weighted by Crippen LogP contribution is 2.27. The van der Waals surface area contributed by atoms with E-state index in [0.29, 0.717) is 19.4 Å². The standard InChI is InChI=1S/C14H19BrN2OS/c1-3-14(4-2,12(16)19)13(18)17-9-10-6-5-7-11(15)8-10/h5-8H,3-4,9H2,1-2H3,(H2,16,19)(H,17,18). The van der Waals surface area contributed by atoms with Gasteiger partial charge in [0, 0.05) is 11.0 Å². The summed E-state index contributed by atoms with van der Waals surface area (Å²) in [4.78, 5) is 12.6. The number of thiocarbonyl (C=S) groups is 1. The molecule has 0 fully saturated rings. The Bertz CT molecular complexity index is 472. The topological polar surface area (TPSA) is 55.1 Å². The van der Waals surface area contributed by atoms with Crippen LogP contribution < -0.4 is 11.1 Å². The molecule has 0 saturated heterocycles. The van der Waals surface area contributed by atoms with Crippen molar-refractivity contribution in [2.24, 2.45) is 11.1 Å². The van der Waals surface area contributed by atoms with Crippen molar-refractivity contribution in [3.63, 3.8) is 0 Å². The summed E-state index contributed by atoms with van der Waals surface area (Å²) in [5.74, 6) is -0.0926. The summed E-state index contributed by atoms with van der Waals surface area (Å²) < 4.78 is 0.992. The number of hydrogen-bond donors (Lipinski definition) is 2. The fourth-order valence-electron chi connectivity index (χ4n) is 2.03. The van der Waals surface area contributed by atoms with Crippen LogP contribution in [0.3, 0.4) is 0 Å². The molecule has 0 aromatic heterocycles. The van der Waals surface area contributed by atoms with Crippen LogP contribution in [0.15, 0.2) is 28.7 Å². The summed E-state index contributed by atoms with van der Waals surface area (Å²) in [7, 11) is 0. The molecule has 19 heavy (non-hydrogen) atoms. The lowest BCUT2D eigenvalue weighted by Gasteiger charge is -2.28. The molecule has 3 nitrogen and oxygen atoms in total. The van der Waals surface area contributed by atoms with Crippen molar-refractivity contribution in [1.29, 1.82) is 0 Å². The minimum Gasteiger partial charge on any atom is -0.392 e. The maximum Gasteiger partial charge on any atom is 0.233 e. The summed E-state index contributed by atoms with van der Waals surface area (Å²) >= 11 is 8.47. The maximum absolute atomic E-state index is 12.3. The van der Waals surface area contributed by atoms with Crippen LogP contribution in [-0.2, 0) is 11.3 Å². The molecule has 1 amide bonds. The molecular formula is C14H19BrN2OS. The first-order chi connectivity index (χ1) is 8.96. The Morgan fingerprint density at radius 2 is 2.05 bits per heavy atom. The molecule has 0 spiro atoms. The first kappa shape index (κ1) is 16.1. The van der Waals surface area contributed by atoms with Crippen LogP contribution in [0.2, 0.25) is 0 Å². The third-order valence-corrected chi connectivity index (χ3v) is 4.34. The zero-order valence-corrected chi connectivity index (χ0v) is 13.6. The van der Waals surface area contributed by atoms with E-state index in [1.54, 1.807) is 0 Å². The zero-order valence-electron chi connectivity index (χ0n) is 11.2. The first-order valence-corrected chi connectivity index (χ1v) is 7.49. The second kappa shape index (κ2) is 7.01. The predicted octanol–water partition coefficient (Wildman–Crippen LogP) is 3.16. The quantitative estimate of drug-likeness (QED) is 0.780. The number of nitrogens with two attached hydrogens (primary N) is 1. The fourth-order valence-corrected chi connectivity index (χ4v) is 2.86. The second-order valence-corrected chi connectivity index (χ2v) is 5.82. The number of halogens is 1. The highest BCUT2D eigenvalue weighted by molar-refractivity contribution is 9.10. The number of amides is 1. The molecule has 1 rings (SSSR count). The fraction of sp³-hybridized carbons (Fsp3) is 0.429. The Morgan fingerprint density at radius 3 is 2.53 bits per heavy atom. The lowest BCUT2D eigenvalue weighted by molar-refractivity contribution is -0.128. The van der Waals surface area contributed by atoms with Gasteiger partial charge >= 0.3 is 0 Å². The van der Waals surface area contributed by atoms with E-state index < -0.39 is 5.41 Å². The van der Waals surface area contributed by atoms with Crippen molar-refractivity contribution in [3.8, 4) is 0 Å². The van der Waals surface area contributed by atoms with E-state index in [2.05, 4.69) is 21.2 Å². The number of benzene rings is 1. The normalized spacial score (nSPS) is 11.1. The molecule has 0 aliphatic carbocycles. The van der Waals surface area contributed by atoms with Gasteiger partial charge in [-0.3, -0.25) is 4.79 Å². The predicted molar refractivity (Wildman–Crippen MR) is 85.8 cm³/mol. The molecule has 3 N–H and O–H groups in total. The van der Waals surface area contributed by atoms with Gasteiger partial charge in [-0.05, 0) is 30.5 Å². The van der Waals surface area contributed by atoms with Gasteiger partial charge in [-0.25, -0.2) is 0 Å². The zero-order chi connectivity index (χ0) is 14.5. The first-order valence-electron chi connectivity index (χ1n) is 6.29. The molecule has 0 radical (unpaired) electrons. The SMILES string of the molecule is CCC(CC)(C(=O)NCc1cccc(Br)c1)C(N)=S. The van der Waals surface area contributed by atoms with Crippen LogP contribution in [0.4, 0.5) is 0 Å². The molecule has 0 atom stereocenters. The van der Waals surface area contributed by atoms with Crippen LogP contribution in [0.5, 0.6) is 0 Å². The molecule has 0 unspecified atom stereocenters. The summed E-state index contributed by atoms with van der Waals surface area (Å²) in [6.45, 7) is 4.34. The number of nitrogens with one attached hydrogen (secondary N) is 1. The van der Waals surface area contributed by atoms with Crippen molar-refractivity contribution < 1.29 is 4.79 Å². The smallest absolute Gasteiger partial charge is 0.233 e. The molecule has 1 aromatic carbocycles. The third-order valence-electron chi connectivity index (χ3n) is 3.46. The van der Waals surface area contributed by atoms with Gasteiger partial charge in [0.2, 0.25) is 5.91 Å². The Morgan fingerprint density at radius 1 is 1.42 bits per heavy atom. The minimum absolute atomic E-state index is 0.0926. The van der Waals surface area contributed by atoms with E-state index in [0.717, 1.165) is 10.0 Å². The van der Waals surface area contributed by atoms with Crippen molar-refractivity contribution in [2.45, 2.75) is 33.2 Å². The van der Waals surface area contributed by atoms with Gasteiger partial charge in [-0.1, -0.05) is 54.1 Å². The van der Waals surface area contributed by atoms with Gasteiger partial charge in [-0.15, -0.1) is 0 Å². The minimum atomic E-state index is -0.735. The molecule has 5 heteroatoms. The maximum atomic E-state index is 12.3. The lowest BCUT2D eigenvalue weighted by atomic mass is 9.81. The molecule has 0 aliphatic heterocycles. The van der Waals surface area contributed by atoms with Crippen molar-refractivity contribution in [2.75, 3.05) is 0 Å². The Balaban J connectivity index is 2.76. The number of carbonyl (C=O) groups excluding carboxylic acids is 1. The molecule has 0 saturated carbocycles. The molecule has 0 aliphatic rings. The molecule has 0 bridgehead atoms. The highest BCUT2D eigenvalue weighted by atomic mass is 79.9. The van der Waals surface area contributed by atoms with E-state index >= 15 is 0 Å². The largest absolute Gasteiger partial charge is 0.392 e. The van der Waals surface area contributed by atoms with E-state index in [9.17, 15) is 4.79 Å². The van der Waals surface area contributed by atoms with Gasteiger partial charge in [0.25, 0.3) is 0 Å². The summed E-state index contributed by atoms with van der Waals surface area (Å²) in [5, 5.41) is 2.92. The molecule has 0 heterocycles. The Labute approximate surface area is 128 Å². The van der Waals surface area contributed by atoms with Gasteiger partial charge in [0.15, 0.2) is 0 Å². The molecule has 104 valence electrons. The third kappa shape index (κ3) is 3.76. The van der Waals surface area contributed by atoms with Crippen molar-refractivity contribution >= 4 is 39.0 Å². The Kier molecular flexibility index (Phi) is 5.94. The molecular weight excluding hydrogens is 324 g/mol. The van der Waals surface area contributed by atoms with Crippen molar-refractivity contribution in [1.82, 2.24) is 5.32 Å². The second-order valence-electron chi connectivity index (χ2n) is 4.47. The van der Waals surface area contributed by atoms with Crippen LogP contribution in [0, 0.1) is 5.41 Å². The average molecular weight is 343 g/mol. The Hall–Kier alpha value is -0.940. The van der Waals surface area contributed by atoms with Crippen LogP contribution in [0.25, 0.3) is 0 Å². The van der Waals surface area contributed by atoms with Crippen LogP contribution in [-0.4, -0.2) is 10.9 Å². The van der Waals surface area contributed by atoms with Crippen molar-refractivity contribution in [3.05, 3.63) is 34.3 Å². The number of carbonyl (C=O) groups is 1. The van der Waals surface area contributed by atoms with Gasteiger partial charge in [0.05, 0.1) is 10.4 Å². The van der Waals surface area contributed by atoms with Gasteiger partial charge in [-0.2, -0.15) is 0 Å². The van der Waals surface area contributed by atoms with Gasteiger partial charge < -0.3 is 11.1 Å². The lowest BCUT2D eigenvalue weighted by Crippen LogP contribution is -2.48.